The first-order valence-electron chi connectivity index (χ1n) is 6.74. The van der Waals surface area contributed by atoms with E-state index in [1.807, 2.05) is 10.8 Å². The number of aliphatic hydroxyl groups excluding tert-OH is 1. The Morgan fingerprint density at radius 2 is 2.10 bits per heavy atom. The highest BCUT2D eigenvalue weighted by Crippen LogP contribution is 2.27. The minimum Gasteiger partial charge on any atom is -0.489 e. The summed E-state index contributed by atoms with van der Waals surface area (Å²) in [6.07, 6.45) is 2.92. The number of nitrogens with zero attached hydrogens (tertiary/aromatic N) is 2. The molecule has 0 amide bonds. The average molecular weight is 329 g/mol. The van der Waals surface area contributed by atoms with Crippen LogP contribution in [0.1, 0.15) is 25.6 Å². The van der Waals surface area contributed by atoms with Crippen LogP contribution in [0, 0.1) is 0 Å². The van der Waals surface area contributed by atoms with Crippen molar-refractivity contribution in [1.29, 1.82) is 0 Å². The molecule has 0 aliphatic rings. The van der Waals surface area contributed by atoms with E-state index in [9.17, 15) is 5.11 Å². The molecule has 6 heteroatoms. The first kappa shape index (κ1) is 16.1. The van der Waals surface area contributed by atoms with E-state index >= 15 is 0 Å². The van der Waals surface area contributed by atoms with E-state index in [0.29, 0.717) is 28.3 Å². The van der Waals surface area contributed by atoms with Crippen LogP contribution in [-0.4, -0.2) is 27.4 Å². The van der Waals surface area contributed by atoms with Crippen molar-refractivity contribution >= 4 is 23.2 Å². The number of benzene rings is 1. The van der Waals surface area contributed by atoms with Crippen molar-refractivity contribution in [3.05, 3.63) is 46.5 Å². The fourth-order valence-electron chi connectivity index (χ4n) is 2.03. The van der Waals surface area contributed by atoms with Gasteiger partial charge in [0.2, 0.25) is 0 Å². The first-order valence-corrected chi connectivity index (χ1v) is 7.50. The molecular formula is C15H18Cl2N2O2. The van der Waals surface area contributed by atoms with E-state index in [4.69, 9.17) is 27.9 Å². The van der Waals surface area contributed by atoms with Crippen LogP contribution in [-0.2, 0) is 6.54 Å². The summed E-state index contributed by atoms with van der Waals surface area (Å²) in [5, 5.41) is 11.1. The van der Waals surface area contributed by atoms with Crippen LogP contribution >= 0.6 is 23.2 Å². The molecule has 1 atom stereocenters. The Morgan fingerprint density at radius 3 is 2.81 bits per heavy atom. The molecular weight excluding hydrogens is 311 g/mol. The topological polar surface area (TPSA) is 47.3 Å². The number of aliphatic hydroxyl groups is 1. The van der Waals surface area contributed by atoms with Gasteiger partial charge < -0.3 is 14.4 Å². The Morgan fingerprint density at radius 1 is 1.33 bits per heavy atom. The number of hydrogen-bond acceptors (Lipinski definition) is 3. The van der Waals surface area contributed by atoms with Gasteiger partial charge in [0.15, 0.2) is 0 Å². The van der Waals surface area contributed by atoms with Gasteiger partial charge in [0.1, 0.15) is 24.3 Å². The molecule has 1 N–H and O–H groups in total. The van der Waals surface area contributed by atoms with Crippen molar-refractivity contribution in [2.75, 3.05) is 6.61 Å². The van der Waals surface area contributed by atoms with Crippen LogP contribution in [0.5, 0.6) is 5.75 Å². The molecule has 2 aromatic rings. The van der Waals surface area contributed by atoms with Gasteiger partial charge in [-0.25, -0.2) is 4.98 Å². The second-order valence-electron chi connectivity index (χ2n) is 5.13. The highest BCUT2D eigenvalue weighted by molar-refractivity contribution is 6.34. The molecule has 0 fully saturated rings. The van der Waals surface area contributed by atoms with E-state index in [2.05, 4.69) is 18.8 Å². The van der Waals surface area contributed by atoms with Gasteiger partial charge in [-0.1, -0.05) is 37.0 Å². The predicted molar refractivity (Wildman–Crippen MR) is 84.3 cm³/mol. The zero-order chi connectivity index (χ0) is 15.4. The van der Waals surface area contributed by atoms with Crippen LogP contribution < -0.4 is 4.74 Å². The normalized spacial score (nSPS) is 12.7. The van der Waals surface area contributed by atoms with Gasteiger partial charge in [0.05, 0.1) is 11.6 Å². The van der Waals surface area contributed by atoms with Crippen molar-refractivity contribution in [2.45, 2.75) is 32.4 Å². The lowest BCUT2D eigenvalue weighted by atomic mass is 10.2. The monoisotopic (exact) mass is 328 g/mol. The standard InChI is InChI=1S/C15H18Cl2N2O2/c1-10(2)15-18-5-6-19(15)8-12(20)9-21-14-7-11(16)3-4-13(14)17/h3-7,10,12,20H,8-9H2,1-2H3. The second kappa shape index (κ2) is 7.16. The molecule has 1 unspecified atom stereocenters. The van der Waals surface area contributed by atoms with Gasteiger partial charge in [-0.3, -0.25) is 0 Å². The first-order chi connectivity index (χ1) is 9.97. The van der Waals surface area contributed by atoms with E-state index in [1.165, 1.54) is 0 Å². The highest BCUT2D eigenvalue weighted by atomic mass is 35.5. The molecule has 1 aromatic heterocycles. The smallest absolute Gasteiger partial charge is 0.139 e. The highest BCUT2D eigenvalue weighted by Gasteiger charge is 2.13. The molecule has 0 spiro atoms. The molecule has 1 heterocycles. The third-order valence-electron chi connectivity index (χ3n) is 3.00. The van der Waals surface area contributed by atoms with E-state index in [-0.39, 0.29) is 6.61 Å². The number of rotatable bonds is 6. The fraction of sp³-hybridized carbons (Fsp3) is 0.400. The Balaban J connectivity index is 1.94. The van der Waals surface area contributed by atoms with Crippen molar-refractivity contribution < 1.29 is 9.84 Å². The van der Waals surface area contributed by atoms with E-state index < -0.39 is 6.10 Å². The summed E-state index contributed by atoms with van der Waals surface area (Å²) in [6, 6.07) is 4.99. The lowest BCUT2D eigenvalue weighted by Gasteiger charge is -2.16. The van der Waals surface area contributed by atoms with E-state index in [1.54, 1.807) is 24.4 Å². The molecule has 0 aliphatic carbocycles. The average Bonchev–Trinajstić information content (AvgIpc) is 2.88. The van der Waals surface area contributed by atoms with E-state index in [0.717, 1.165) is 5.82 Å². The number of halogens is 2. The number of hydrogen-bond donors (Lipinski definition) is 1. The van der Waals surface area contributed by atoms with Gasteiger partial charge in [0.25, 0.3) is 0 Å². The Bertz CT molecular complexity index is 599. The van der Waals surface area contributed by atoms with Gasteiger partial charge >= 0.3 is 0 Å². The summed E-state index contributed by atoms with van der Waals surface area (Å²) in [6.45, 7) is 4.68. The molecule has 0 radical (unpaired) electrons. The molecule has 1 aromatic carbocycles. The van der Waals surface area contributed by atoms with Crippen molar-refractivity contribution in [3.63, 3.8) is 0 Å². The molecule has 0 saturated heterocycles. The maximum atomic E-state index is 10.1. The lowest BCUT2D eigenvalue weighted by molar-refractivity contribution is 0.0916. The zero-order valence-electron chi connectivity index (χ0n) is 12.0. The zero-order valence-corrected chi connectivity index (χ0v) is 13.5. The Labute approximate surface area is 134 Å². The molecule has 21 heavy (non-hydrogen) atoms. The van der Waals surface area contributed by atoms with Gasteiger partial charge in [0, 0.05) is 29.4 Å². The van der Waals surface area contributed by atoms with Gasteiger partial charge in [-0.05, 0) is 12.1 Å². The molecule has 0 aliphatic heterocycles. The second-order valence-corrected chi connectivity index (χ2v) is 5.98. The fourth-order valence-corrected chi connectivity index (χ4v) is 2.36. The third kappa shape index (κ3) is 4.37. The van der Waals surface area contributed by atoms with Crippen molar-refractivity contribution in [1.82, 2.24) is 9.55 Å². The van der Waals surface area contributed by atoms with Gasteiger partial charge in [-0.15, -0.1) is 0 Å². The summed E-state index contributed by atoms with van der Waals surface area (Å²) in [4.78, 5) is 4.29. The van der Waals surface area contributed by atoms with Crippen LogP contribution in [0.15, 0.2) is 30.6 Å². The van der Waals surface area contributed by atoms with Crippen LogP contribution in [0.2, 0.25) is 10.0 Å². The number of imidazole rings is 1. The number of ether oxygens (including phenoxy) is 1. The van der Waals surface area contributed by atoms with Crippen LogP contribution in [0.25, 0.3) is 0 Å². The summed E-state index contributed by atoms with van der Waals surface area (Å²) in [5.74, 6) is 1.71. The van der Waals surface area contributed by atoms with Crippen molar-refractivity contribution in [3.8, 4) is 5.75 Å². The minimum atomic E-state index is -0.660. The molecule has 0 saturated carbocycles. The summed E-state index contributed by atoms with van der Waals surface area (Å²) >= 11 is 11.9. The molecule has 0 bridgehead atoms. The van der Waals surface area contributed by atoms with Crippen LogP contribution in [0.3, 0.4) is 0 Å². The maximum absolute atomic E-state index is 10.1. The Hall–Kier alpha value is -1.23. The molecule has 2 rings (SSSR count). The molecule has 114 valence electrons. The Kier molecular flexibility index (Phi) is 5.51. The molecule has 4 nitrogen and oxygen atoms in total. The quantitative estimate of drug-likeness (QED) is 0.878. The van der Waals surface area contributed by atoms with Crippen LogP contribution in [0.4, 0.5) is 0 Å². The van der Waals surface area contributed by atoms with Gasteiger partial charge in [-0.2, -0.15) is 0 Å². The largest absolute Gasteiger partial charge is 0.489 e. The lowest BCUT2D eigenvalue weighted by Crippen LogP contribution is -2.24. The summed E-state index contributed by atoms with van der Waals surface area (Å²) in [5.41, 5.74) is 0. The predicted octanol–water partition coefficient (Wildman–Crippen LogP) is 3.75. The third-order valence-corrected chi connectivity index (χ3v) is 3.54. The summed E-state index contributed by atoms with van der Waals surface area (Å²) < 4.78 is 7.46. The summed E-state index contributed by atoms with van der Waals surface area (Å²) in [7, 11) is 0. The maximum Gasteiger partial charge on any atom is 0.139 e. The van der Waals surface area contributed by atoms with Crippen molar-refractivity contribution in [2.24, 2.45) is 0 Å². The SMILES string of the molecule is CC(C)c1nccn1CC(O)COc1cc(Cl)ccc1Cl. The number of aromatic nitrogens is 2. The minimum absolute atomic E-state index is 0.135.